The molecule has 2 heterocycles. The fourth-order valence-corrected chi connectivity index (χ4v) is 2.87. The Morgan fingerprint density at radius 1 is 1.13 bits per heavy atom. The minimum atomic E-state index is -0.337. The van der Waals surface area contributed by atoms with E-state index < -0.39 is 0 Å². The number of carbonyl (C=O) groups excluding carboxylic acids is 1. The lowest BCUT2D eigenvalue weighted by Gasteiger charge is -2.20. The number of nitrogens with zero attached hydrogens (tertiary/aromatic N) is 4. The molecule has 3 rings (SSSR count). The number of rotatable bonds is 2. The third kappa shape index (κ3) is 3.16. The second-order valence-electron chi connectivity index (χ2n) is 5.82. The van der Waals surface area contributed by atoms with Crippen LogP contribution in [-0.4, -0.2) is 48.0 Å². The second-order valence-corrected chi connectivity index (χ2v) is 5.82. The first-order valence-electron chi connectivity index (χ1n) is 7.61. The molecule has 120 valence electrons. The maximum absolute atomic E-state index is 13.0. The Kier molecular flexibility index (Phi) is 4.23. The summed E-state index contributed by atoms with van der Waals surface area (Å²) in [6.45, 7) is 1.21. The zero-order valence-corrected chi connectivity index (χ0v) is 13.3. The molecule has 2 aromatic rings. The number of amides is 1. The monoisotopic (exact) mass is 314 g/mol. The van der Waals surface area contributed by atoms with E-state index in [1.54, 1.807) is 11.2 Å². The number of benzene rings is 1. The van der Waals surface area contributed by atoms with Gasteiger partial charge in [-0.05, 0) is 30.7 Å². The Balaban J connectivity index is 1.81. The highest BCUT2D eigenvalue weighted by atomic mass is 19.1. The zero-order chi connectivity index (χ0) is 16.4. The number of hydrogen-bond donors (Lipinski definition) is 0. The largest absolute Gasteiger partial charge is 0.362 e. The number of halogens is 1. The van der Waals surface area contributed by atoms with E-state index in [9.17, 15) is 9.18 Å². The summed E-state index contributed by atoms with van der Waals surface area (Å²) in [6.07, 6.45) is 2.99. The van der Waals surface area contributed by atoms with Crippen molar-refractivity contribution in [1.29, 1.82) is 0 Å². The maximum atomic E-state index is 13.0. The topological polar surface area (TPSA) is 49.3 Å². The molecule has 1 aromatic carbocycles. The predicted octanol–water partition coefficient (Wildman–Crippen LogP) is 1.92. The average Bonchev–Trinajstić information content (AvgIpc) is 2.77. The van der Waals surface area contributed by atoms with Crippen LogP contribution in [0.25, 0.3) is 0 Å². The highest BCUT2D eigenvalue weighted by molar-refractivity contribution is 5.94. The summed E-state index contributed by atoms with van der Waals surface area (Å²) >= 11 is 0. The van der Waals surface area contributed by atoms with Crippen molar-refractivity contribution in [2.24, 2.45) is 0 Å². The van der Waals surface area contributed by atoms with Crippen molar-refractivity contribution < 1.29 is 9.18 Å². The standard InChI is InChI=1S/C17H19FN4O/c1-21(2)16-14-7-9-22(10-8-15(14)19-11-20-16)17(23)12-3-5-13(18)6-4-12/h3-6,11H,7-10H2,1-2H3. The van der Waals surface area contributed by atoms with Gasteiger partial charge in [-0.25, -0.2) is 14.4 Å². The van der Waals surface area contributed by atoms with Gasteiger partial charge in [-0.3, -0.25) is 4.79 Å². The zero-order valence-electron chi connectivity index (χ0n) is 13.3. The van der Waals surface area contributed by atoms with E-state index in [1.165, 1.54) is 24.3 Å². The Morgan fingerprint density at radius 3 is 2.52 bits per heavy atom. The summed E-state index contributed by atoms with van der Waals surface area (Å²) in [4.78, 5) is 25.1. The molecule has 0 saturated carbocycles. The van der Waals surface area contributed by atoms with Gasteiger partial charge in [0.05, 0.1) is 5.69 Å². The van der Waals surface area contributed by atoms with Gasteiger partial charge in [0.2, 0.25) is 0 Å². The number of anilines is 1. The molecule has 0 saturated heterocycles. The third-order valence-corrected chi connectivity index (χ3v) is 4.06. The minimum absolute atomic E-state index is 0.0721. The molecular weight excluding hydrogens is 295 g/mol. The van der Waals surface area contributed by atoms with Gasteiger partial charge in [0.25, 0.3) is 5.91 Å². The average molecular weight is 314 g/mol. The van der Waals surface area contributed by atoms with Crippen molar-refractivity contribution in [2.75, 3.05) is 32.1 Å². The van der Waals surface area contributed by atoms with Crippen LogP contribution >= 0.6 is 0 Å². The number of fused-ring (bicyclic) bond motifs is 1. The molecule has 0 spiro atoms. The first kappa shape index (κ1) is 15.4. The Morgan fingerprint density at radius 2 is 1.83 bits per heavy atom. The van der Waals surface area contributed by atoms with Gasteiger partial charge in [0.15, 0.2) is 0 Å². The summed E-state index contributed by atoms with van der Waals surface area (Å²) in [5, 5.41) is 0. The predicted molar refractivity (Wildman–Crippen MR) is 86.1 cm³/mol. The van der Waals surface area contributed by atoms with Crippen LogP contribution in [0, 0.1) is 5.82 Å². The highest BCUT2D eigenvalue weighted by Crippen LogP contribution is 2.22. The van der Waals surface area contributed by atoms with Crippen LogP contribution in [0.4, 0.5) is 10.2 Å². The van der Waals surface area contributed by atoms with Crippen LogP contribution in [0.5, 0.6) is 0 Å². The van der Waals surface area contributed by atoms with Crippen LogP contribution in [-0.2, 0) is 12.8 Å². The lowest BCUT2D eigenvalue weighted by Crippen LogP contribution is -2.33. The number of carbonyl (C=O) groups is 1. The second kappa shape index (κ2) is 6.32. The first-order chi connectivity index (χ1) is 11.1. The maximum Gasteiger partial charge on any atom is 0.253 e. The molecule has 5 nitrogen and oxygen atoms in total. The van der Waals surface area contributed by atoms with Crippen LogP contribution < -0.4 is 4.90 Å². The molecule has 6 heteroatoms. The van der Waals surface area contributed by atoms with Crippen molar-refractivity contribution in [3.63, 3.8) is 0 Å². The van der Waals surface area contributed by atoms with Crippen LogP contribution in [0.2, 0.25) is 0 Å². The SMILES string of the molecule is CN(C)c1ncnc2c1CCN(C(=O)c1ccc(F)cc1)CC2. The molecule has 1 aromatic heterocycles. The van der Waals surface area contributed by atoms with Crippen molar-refractivity contribution in [3.05, 3.63) is 53.2 Å². The first-order valence-corrected chi connectivity index (χ1v) is 7.61. The summed E-state index contributed by atoms with van der Waals surface area (Å²) in [7, 11) is 3.91. The molecule has 0 unspecified atom stereocenters. The molecule has 1 aliphatic rings. The van der Waals surface area contributed by atoms with Gasteiger partial charge < -0.3 is 9.80 Å². The quantitative estimate of drug-likeness (QED) is 0.850. The summed E-state index contributed by atoms with van der Waals surface area (Å²) in [5.41, 5.74) is 2.61. The third-order valence-electron chi connectivity index (χ3n) is 4.06. The van der Waals surface area contributed by atoms with E-state index in [4.69, 9.17) is 0 Å². The molecular formula is C17H19FN4O. The molecule has 23 heavy (non-hydrogen) atoms. The minimum Gasteiger partial charge on any atom is -0.362 e. The van der Waals surface area contributed by atoms with Gasteiger partial charge in [0, 0.05) is 44.7 Å². The Bertz CT molecular complexity index is 715. The van der Waals surface area contributed by atoms with E-state index in [0.717, 1.165) is 23.5 Å². The summed E-state index contributed by atoms with van der Waals surface area (Å²) < 4.78 is 13.0. The van der Waals surface area contributed by atoms with Gasteiger partial charge in [-0.2, -0.15) is 0 Å². The lowest BCUT2D eigenvalue weighted by atomic mass is 10.1. The van der Waals surface area contributed by atoms with E-state index in [2.05, 4.69) is 9.97 Å². The van der Waals surface area contributed by atoms with E-state index in [0.29, 0.717) is 25.1 Å². The molecule has 1 aliphatic heterocycles. The van der Waals surface area contributed by atoms with Crippen LogP contribution in [0.1, 0.15) is 21.6 Å². The van der Waals surface area contributed by atoms with Gasteiger partial charge >= 0.3 is 0 Å². The van der Waals surface area contributed by atoms with Gasteiger partial charge in [-0.1, -0.05) is 0 Å². The Labute approximate surface area is 134 Å². The fourth-order valence-electron chi connectivity index (χ4n) is 2.87. The van der Waals surface area contributed by atoms with E-state index in [-0.39, 0.29) is 11.7 Å². The molecule has 1 amide bonds. The summed E-state index contributed by atoms with van der Waals surface area (Å²) in [6, 6.07) is 5.69. The van der Waals surface area contributed by atoms with Gasteiger partial charge in [-0.15, -0.1) is 0 Å². The molecule has 0 N–H and O–H groups in total. The van der Waals surface area contributed by atoms with Crippen molar-refractivity contribution in [2.45, 2.75) is 12.8 Å². The molecule has 0 radical (unpaired) electrons. The number of hydrogen-bond acceptors (Lipinski definition) is 4. The van der Waals surface area contributed by atoms with Crippen molar-refractivity contribution in [3.8, 4) is 0 Å². The summed E-state index contributed by atoms with van der Waals surface area (Å²) in [5.74, 6) is 0.499. The van der Waals surface area contributed by atoms with Crippen molar-refractivity contribution >= 4 is 11.7 Å². The number of aromatic nitrogens is 2. The van der Waals surface area contributed by atoms with Crippen molar-refractivity contribution in [1.82, 2.24) is 14.9 Å². The highest BCUT2D eigenvalue weighted by Gasteiger charge is 2.23. The van der Waals surface area contributed by atoms with E-state index >= 15 is 0 Å². The Hall–Kier alpha value is -2.50. The lowest BCUT2D eigenvalue weighted by molar-refractivity contribution is 0.0763. The normalized spacial score (nSPS) is 14.1. The smallest absolute Gasteiger partial charge is 0.253 e. The molecule has 0 bridgehead atoms. The van der Waals surface area contributed by atoms with Gasteiger partial charge in [0.1, 0.15) is 18.0 Å². The van der Waals surface area contributed by atoms with Crippen LogP contribution in [0.15, 0.2) is 30.6 Å². The van der Waals surface area contributed by atoms with Crippen LogP contribution in [0.3, 0.4) is 0 Å². The van der Waals surface area contributed by atoms with E-state index in [1.807, 2.05) is 19.0 Å². The molecule has 0 aliphatic carbocycles. The molecule has 0 fully saturated rings. The fraction of sp³-hybridized carbons (Fsp3) is 0.353. The molecule has 0 atom stereocenters.